The van der Waals surface area contributed by atoms with Crippen molar-refractivity contribution in [2.45, 2.75) is 19.3 Å². The second-order valence-electron chi connectivity index (χ2n) is 3.87. The standard InChI is InChI=1S/C7H16O12S4/c1-16-22(12,13)18-20(8,9)6-4-3-5-7-21(10,11)19-23(14,15)17-2/h3-7H2,1-2H3. The minimum absolute atomic E-state index is 0.0191. The van der Waals surface area contributed by atoms with E-state index in [-0.39, 0.29) is 19.3 Å². The second kappa shape index (κ2) is 8.65. The molecular formula is C7H16O12S4. The first-order chi connectivity index (χ1) is 10.2. The molecule has 0 aromatic rings. The maximum atomic E-state index is 11.3. The van der Waals surface area contributed by atoms with Crippen molar-refractivity contribution in [3.63, 3.8) is 0 Å². The van der Waals surface area contributed by atoms with E-state index in [0.29, 0.717) is 14.2 Å². The molecule has 0 heterocycles. The summed E-state index contributed by atoms with van der Waals surface area (Å²) in [5.74, 6) is -1.40. The average Bonchev–Trinajstić information content (AvgIpc) is 2.35. The van der Waals surface area contributed by atoms with Gasteiger partial charge in [-0.3, -0.25) is 8.37 Å². The molecule has 0 amide bonds. The monoisotopic (exact) mass is 420 g/mol. The van der Waals surface area contributed by atoms with E-state index >= 15 is 0 Å². The highest BCUT2D eigenvalue weighted by atomic mass is 32.3. The fraction of sp³-hybridized carbons (Fsp3) is 1.00. The van der Waals surface area contributed by atoms with Gasteiger partial charge in [-0.15, -0.1) is 7.26 Å². The molecule has 12 nitrogen and oxygen atoms in total. The molecule has 0 spiro atoms. The van der Waals surface area contributed by atoms with Crippen LogP contribution in [-0.2, 0) is 56.7 Å². The molecule has 0 bridgehead atoms. The summed E-state index contributed by atoms with van der Waals surface area (Å²) >= 11 is 0. The van der Waals surface area contributed by atoms with Gasteiger partial charge in [0.2, 0.25) is 0 Å². The van der Waals surface area contributed by atoms with Crippen molar-refractivity contribution in [1.82, 2.24) is 0 Å². The Morgan fingerprint density at radius 2 is 0.870 bits per heavy atom. The van der Waals surface area contributed by atoms with Gasteiger partial charge in [-0.05, 0) is 12.8 Å². The number of unbranched alkanes of at least 4 members (excludes halogenated alkanes) is 2. The lowest BCUT2D eigenvalue weighted by Crippen LogP contribution is -2.18. The van der Waals surface area contributed by atoms with E-state index in [1.54, 1.807) is 0 Å². The van der Waals surface area contributed by atoms with E-state index < -0.39 is 52.5 Å². The van der Waals surface area contributed by atoms with E-state index in [1.807, 2.05) is 0 Å². The van der Waals surface area contributed by atoms with Crippen LogP contribution in [0.1, 0.15) is 19.3 Å². The van der Waals surface area contributed by atoms with E-state index in [1.165, 1.54) is 0 Å². The zero-order chi connectivity index (χ0) is 18.4. The van der Waals surface area contributed by atoms with Gasteiger partial charge in [0.25, 0.3) is 20.2 Å². The molecule has 0 N–H and O–H groups in total. The first-order valence-electron chi connectivity index (χ1n) is 5.73. The molecule has 140 valence electrons. The Balaban J connectivity index is 4.29. The van der Waals surface area contributed by atoms with Crippen molar-refractivity contribution in [3.05, 3.63) is 0 Å². The molecule has 0 aromatic heterocycles. The topological polar surface area (TPSA) is 173 Å². The van der Waals surface area contributed by atoms with Gasteiger partial charge in [0.15, 0.2) is 0 Å². The summed E-state index contributed by atoms with van der Waals surface area (Å²) in [6, 6.07) is 0. The Kier molecular flexibility index (Phi) is 8.52. The fourth-order valence-corrected chi connectivity index (χ4v) is 5.25. The van der Waals surface area contributed by atoms with Crippen molar-refractivity contribution in [1.29, 1.82) is 0 Å². The van der Waals surface area contributed by atoms with Crippen LogP contribution >= 0.6 is 0 Å². The molecule has 0 saturated carbocycles. The Labute approximate surface area is 135 Å². The van der Waals surface area contributed by atoms with Gasteiger partial charge >= 0.3 is 20.8 Å². The Morgan fingerprint density at radius 1 is 0.565 bits per heavy atom. The molecule has 16 heteroatoms. The zero-order valence-corrected chi connectivity index (χ0v) is 15.3. The van der Waals surface area contributed by atoms with Crippen LogP contribution in [0.3, 0.4) is 0 Å². The minimum atomic E-state index is -4.65. The van der Waals surface area contributed by atoms with Crippen molar-refractivity contribution < 1.29 is 49.3 Å². The molecule has 0 aliphatic carbocycles. The molecule has 0 rings (SSSR count). The van der Waals surface area contributed by atoms with E-state index in [4.69, 9.17) is 0 Å². The Bertz CT molecular complexity index is 704. The minimum Gasteiger partial charge on any atom is -0.251 e. The zero-order valence-electron chi connectivity index (χ0n) is 12.1. The van der Waals surface area contributed by atoms with Gasteiger partial charge in [-0.2, -0.15) is 33.7 Å². The molecular weight excluding hydrogens is 404 g/mol. The summed E-state index contributed by atoms with van der Waals surface area (Å²) in [5.41, 5.74) is 0. The number of rotatable bonds is 12. The smallest absolute Gasteiger partial charge is 0.251 e. The highest BCUT2D eigenvalue weighted by molar-refractivity contribution is 7.98. The Morgan fingerprint density at radius 3 is 1.13 bits per heavy atom. The third kappa shape index (κ3) is 10.9. The predicted molar refractivity (Wildman–Crippen MR) is 75.5 cm³/mol. The summed E-state index contributed by atoms with van der Waals surface area (Å²) in [4.78, 5) is 0. The van der Waals surface area contributed by atoms with E-state index in [0.717, 1.165) is 0 Å². The first kappa shape index (κ1) is 22.6. The fourth-order valence-electron chi connectivity index (χ4n) is 1.11. The van der Waals surface area contributed by atoms with Crippen LogP contribution in [0, 0.1) is 0 Å². The molecule has 0 radical (unpaired) electrons. The largest absolute Gasteiger partial charge is 0.414 e. The van der Waals surface area contributed by atoms with Crippen molar-refractivity contribution in [3.8, 4) is 0 Å². The normalized spacial score (nSPS) is 14.0. The molecule has 0 aliphatic heterocycles. The molecule has 0 aliphatic rings. The number of hydrogen-bond acceptors (Lipinski definition) is 12. The molecule has 0 saturated heterocycles. The molecule has 0 aromatic carbocycles. The third-order valence-electron chi connectivity index (χ3n) is 2.07. The lowest BCUT2D eigenvalue weighted by Gasteiger charge is -2.05. The first-order valence-corrected chi connectivity index (χ1v) is 11.5. The van der Waals surface area contributed by atoms with Crippen LogP contribution in [0.2, 0.25) is 0 Å². The molecule has 0 atom stereocenters. The van der Waals surface area contributed by atoms with Gasteiger partial charge in [0.05, 0.1) is 25.7 Å². The summed E-state index contributed by atoms with van der Waals surface area (Å²) < 4.78 is 104. The quantitative estimate of drug-likeness (QED) is 0.339. The highest BCUT2D eigenvalue weighted by Gasteiger charge is 2.24. The molecule has 0 fully saturated rings. The summed E-state index contributed by atoms with van der Waals surface area (Å²) in [6.45, 7) is 0. The predicted octanol–water partition coefficient (Wildman–Crippen LogP) is -1.37. The molecule has 0 unspecified atom stereocenters. The van der Waals surface area contributed by atoms with Gasteiger partial charge in [0, 0.05) is 0 Å². The van der Waals surface area contributed by atoms with Crippen molar-refractivity contribution in [2.75, 3.05) is 25.7 Å². The van der Waals surface area contributed by atoms with Crippen LogP contribution in [0.25, 0.3) is 0 Å². The lowest BCUT2D eigenvalue weighted by atomic mass is 10.3. The maximum absolute atomic E-state index is 11.3. The number of hydrogen-bond donors (Lipinski definition) is 0. The summed E-state index contributed by atoms with van der Waals surface area (Å²) in [7, 11) is -16.7. The van der Waals surface area contributed by atoms with E-state index in [2.05, 4.69) is 15.6 Å². The lowest BCUT2D eigenvalue weighted by molar-refractivity contribution is 0.328. The van der Waals surface area contributed by atoms with Gasteiger partial charge < -0.3 is 0 Å². The van der Waals surface area contributed by atoms with Crippen molar-refractivity contribution >= 4 is 41.0 Å². The van der Waals surface area contributed by atoms with Gasteiger partial charge in [-0.25, -0.2) is 0 Å². The highest BCUT2D eigenvalue weighted by Crippen LogP contribution is 2.09. The summed E-state index contributed by atoms with van der Waals surface area (Å²) in [5, 5.41) is 0. The van der Waals surface area contributed by atoms with Gasteiger partial charge in [-0.1, -0.05) is 6.42 Å². The van der Waals surface area contributed by atoms with Crippen LogP contribution in [0.5, 0.6) is 0 Å². The van der Waals surface area contributed by atoms with Gasteiger partial charge in [0.1, 0.15) is 0 Å². The van der Waals surface area contributed by atoms with Crippen LogP contribution in [-0.4, -0.2) is 59.4 Å². The van der Waals surface area contributed by atoms with Crippen LogP contribution in [0.15, 0.2) is 0 Å². The summed E-state index contributed by atoms with van der Waals surface area (Å²) in [6.07, 6.45) is -0.243. The van der Waals surface area contributed by atoms with E-state index in [9.17, 15) is 33.7 Å². The second-order valence-corrected chi connectivity index (χ2v) is 10.3. The van der Waals surface area contributed by atoms with Crippen molar-refractivity contribution in [2.24, 2.45) is 0 Å². The third-order valence-corrected chi connectivity index (χ3v) is 7.46. The Hall–Kier alpha value is -0.360. The average molecular weight is 420 g/mol. The SMILES string of the molecule is COS(=O)(=O)OS(=O)(=O)CCCCCS(=O)(=O)OS(=O)(=O)OC. The molecule has 23 heavy (non-hydrogen) atoms. The van der Waals surface area contributed by atoms with Crippen LogP contribution in [0.4, 0.5) is 0 Å². The maximum Gasteiger partial charge on any atom is 0.414 e. The van der Waals surface area contributed by atoms with Crippen LogP contribution < -0.4 is 0 Å².